The number of nitrogens with one attached hydrogen (secondary N) is 1. The molecule has 3 atom stereocenters. The molecule has 2 heterocycles. The molecule has 2 saturated heterocycles. The summed E-state index contributed by atoms with van der Waals surface area (Å²) in [4.78, 5) is 53.8. The number of hydrogen-bond donors (Lipinski definition) is 4. The molecule has 2 aliphatic rings. The van der Waals surface area contributed by atoms with Crippen LogP contribution in [0.15, 0.2) is 42.7 Å². The molecule has 4 amide bonds. The van der Waals surface area contributed by atoms with Crippen LogP contribution in [0, 0.1) is 5.92 Å². The second-order valence-electron chi connectivity index (χ2n) is 8.58. The lowest BCUT2D eigenvalue weighted by molar-refractivity contribution is -0.167. The van der Waals surface area contributed by atoms with Gasteiger partial charge in [0.25, 0.3) is 0 Å². The fourth-order valence-corrected chi connectivity index (χ4v) is 4.36. The summed E-state index contributed by atoms with van der Waals surface area (Å²) in [5.74, 6) is -2.37. The maximum absolute atomic E-state index is 12.9. The molecule has 0 spiro atoms. The molecule has 0 aromatic heterocycles. The molecule has 0 bridgehead atoms. The average molecular weight is 473 g/mol. The fourth-order valence-electron chi connectivity index (χ4n) is 4.36. The van der Waals surface area contributed by atoms with Gasteiger partial charge >= 0.3 is 12.0 Å². The lowest BCUT2D eigenvalue weighted by atomic mass is 9.83. The molecule has 11 heteroatoms. The van der Waals surface area contributed by atoms with Gasteiger partial charge in [0, 0.05) is 32.7 Å². The molecule has 3 rings (SSSR count). The van der Waals surface area contributed by atoms with E-state index < -0.39 is 35.9 Å². The Morgan fingerprint density at radius 1 is 1.12 bits per heavy atom. The number of nitrogens with zero attached hydrogens (tertiary/aromatic N) is 3. The zero-order valence-electron chi connectivity index (χ0n) is 19.1. The van der Waals surface area contributed by atoms with Crippen molar-refractivity contribution in [1.82, 2.24) is 20.0 Å². The molecule has 2 aliphatic heterocycles. The van der Waals surface area contributed by atoms with Gasteiger partial charge in [-0.1, -0.05) is 36.9 Å². The van der Waals surface area contributed by atoms with E-state index in [-0.39, 0.29) is 32.1 Å². The minimum atomic E-state index is -1.21. The van der Waals surface area contributed by atoms with E-state index in [2.05, 4.69) is 11.9 Å². The average Bonchev–Trinajstić information content (AvgIpc) is 2.81. The topological polar surface area (TPSA) is 162 Å². The first-order valence-electron chi connectivity index (χ1n) is 11.3. The lowest BCUT2D eigenvalue weighted by Gasteiger charge is -2.46. The molecular formula is C23H32N6O5. The Morgan fingerprint density at radius 2 is 1.74 bits per heavy atom. The van der Waals surface area contributed by atoms with Gasteiger partial charge in [-0.2, -0.15) is 0 Å². The highest BCUT2D eigenvalue weighted by molar-refractivity contribution is 6.07. The Balaban J connectivity index is 1.51. The number of aliphatic carboxylic acids is 1. The smallest absolute Gasteiger partial charge is 0.327 e. The number of carboxylic acid groups (broad SMARTS) is 1. The summed E-state index contributed by atoms with van der Waals surface area (Å²) in [5, 5.41) is 12.4. The van der Waals surface area contributed by atoms with Crippen LogP contribution >= 0.6 is 0 Å². The molecule has 184 valence electrons. The first kappa shape index (κ1) is 25.0. The van der Waals surface area contributed by atoms with Crippen LogP contribution in [0.25, 0.3) is 0 Å². The Kier molecular flexibility index (Phi) is 8.11. The van der Waals surface area contributed by atoms with Crippen molar-refractivity contribution in [3.63, 3.8) is 0 Å². The summed E-state index contributed by atoms with van der Waals surface area (Å²) < 4.78 is 0. The largest absolute Gasteiger partial charge is 0.480 e. The Hall–Kier alpha value is -3.60. The summed E-state index contributed by atoms with van der Waals surface area (Å²) in [6, 6.07) is 6.96. The molecule has 0 saturated carbocycles. The standard InChI is InChI=1S/C23H32N6O5/c1-15(24)26-9-5-8-17-19(22(32)33)29(20(17)30)23(34)28-12-10-27(11-13-28)21(31)18(25)14-16-6-3-2-4-7-16/h2-4,6-7,17-19,26H,1,5,8-14,24-25H2,(H,32,33). The van der Waals surface area contributed by atoms with Crippen molar-refractivity contribution in [1.29, 1.82) is 0 Å². The zero-order valence-corrected chi connectivity index (χ0v) is 19.1. The maximum Gasteiger partial charge on any atom is 0.327 e. The second kappa shape index (κ2) is 11.0. The van der Waals surface area contributed by atoms with Crippen molar-refractivity contribution in [3.8, 4) is 0 Å². The number of carboxylic acids is 1. The van der Waals surface area contributed by atoms with Crippen LogP contribution in [0.3, 0.4) is 0 Å². The molecule has 6 N–H and O–H groups in total. The minimum Gasteiger partial charge on any atom is -0.480 e. The molecule has 1 aromatic carbocycles. The predicted molar refractivity (Wildman–Crippen MR) is 124 cm³/mol. The van der Waals surface area contributed by atoms with Gasteiger partial charge in [0.05, 0.1) is 17.8 Å². The predicted octanol–water partition coefficient (Wildman–Crippen LogP) is -0.468. The SMILES string of the molecule is C=C(N)NCCCC1C(=O)N(C(=O)N2CCN(C(=O)C(N)Cc3ccccc3)CC2)C1C(=O)O. The molecule has 3 unspecified atom stereocenters. The Bertz CT molecular complexity index is 931. The maximum atomic E-state index is 12.9. The summed E-state index contributed by atoms with van der Waals surface area (Å²) in [6.45, 7) is 4.91. The number of rotatable bonds is 9. The molecular weight excluding hydrogens is 440 g/mol. The number of nitrogens with two attached hydrogens (primary N) is 2. The number of amides is 4. The number of likely N-dealkylation sites (tertiary alicyclic amines) is 1. The van der Waals surface area contributed by atoms with Crippen molar-refractivity contribution >= 4 is 23.8 Å². The number of imide groups is 1. The third-order valence-electron chi connectivity index (χ3n) is 6.19. The lowest BCUT2D eigenvalue weighted by Crippen LogP contribution is -2.69. The van der Waals surface area contributed by atoms with E-state index in [0.717, 1.165) is 10.5 Å². The van der Waals surface area contributed by atoms with E-state index in [0.29, 0.717) is 31.6 Å². The highest BCUT2D eigenvalue weighted by Gasteiger charge is 2.55. The van der Waals surface area contributed by atoms with E-state index in [1.165, 1.54) is 4.90 Å². The van der Waals surface area contributed by atoms with Gasteiger partial charge in [-0.15, -0.1) is 0 Å². The number of β-lactam (4-membered cyclic amide) rings is 1. The summed E-state index contributed by atoms with van der Waals surface area (Å²) in [5.41, 5.74) is 12.5. The van der Waals surface area contributed by atoms with E-state index in [1.54, 1.807) is 4.90 Å². The Morgan fingerprint density at radius 3 is 2.32 bits per heavy atom. The van der Waals surface area contributed by atoms with Crippen LogP contribution in [0.2, 0.25) is 0 Å². The number of hydrogen-bond acceptors (Lipinski definition) is 7. The van der Waals surface area contributed by atoms with Crippen LogP contribution in [-0.2, 0) is 20.8 Å². The van der Waals surface area contributed by atoms with Crippen molar-refractivity contribution < 1.29 is 24.3 Å². The van der Waals surface area contributed by atoms with E-state index in [9.17, 15) is 24.3 Å². The first-order chi connectivity index (χ1) is 16.2. The second-order valence-corrected chi connectivity index (χ2v) is 8.58. The van der Waals surface area contributed by atoms with Crippen LogP contribution in [-0.4, -0.2) is 88.4 Å². The molecule has 0 aliphatic carbocycles. The van der Waals surface area contributed by atoms with E-state index in [4.69, 9.17) is 11.5 Å². The van der Waals surface area contributed by atoms with Gasteiger partial charge in [-0.25, -0.2) is 14.5 Å². The van der Waals surface area contributed by atoms with Crippen LogP contribution in [0.4, 0.5) is 4.79 Å². The summed E-state index contributed by atoms with van der Waals surface area (Å²) >= 11 is 0. The number of benzene rings is 1. The van der Waals surface area contributed by atoms with Crippen LogP contribution in [0.5, 0.6) is 0 Å². The third kappa shape index (κ3) is 5.66. The number of carbonyl (C=O) groups excluding carboxylic acids is 3. The molecule has 11 nitrogen and oxygen atoms in total. The van der Waals surface area contributed by atoms with Crippen molar-refractivity contribution in [2.45, 2.75) is 31.3 Å². The minimum absolute atomic E-state index is 0.200. The van der Waals surface area contributed by atoms with Gasteiger partial charge in [-0.05, 0) is 24.8 Å². The molecule has 0 radical (unpaired) electrons. The van der Waals surface area contributed by atoms with Gasteiger partial charge in [0.15, 0.2) is 6.04 Å². The normalized spacial score (nSPS) is 21.0. The summed E-state index contributed by atoms with van der Waals surface area (Å²) in [7, 11) is 0. The summed E-state index contributed by atoms with van der Waals surface area (Å²) in [6.07, 6.45) is 1.25. The van der Waals surface area contributed by atoms with Gasteiger partial charge in [0.1, 0.15) is 0 Å². The highest BCUT2D eigenvalue weighted by Crippen LogP contribution is 2.32. The van der Waals surface area contributed by atoms with Gasteiger partial charge in [0.2, 0.25) is 11.8 Å². The van der Waals surface area contributed by atoms with Crippen molar-refractivity contribution in [3.05, 3.63) is 48.3 Å². The van der Waals surface area contributed by atoms with E-state index in [1.807, 2.05) is 30.3 Å². The van der Waals surface area contributed by atoms with Crippen LogP contribution < -0.4 is 16.8 Å². The monoisotopic (exact) mass is 472 g/mol. The van der Waals surface area contributed by atoms with E-state index >= 15 is 0 Å². The third-order valence-corrected chi connectivity index (χ3v) is 6.19. The molecule has 2 fully saturated rings. The Labute approximate surface area is 198 Å². The fraction of sp³-hybridized carbons (Fsp3) is 0.478. The van der Waals surface area contributed by atoms with Crippen LogP contribution in [0.1, 0.15) is 18.4 Å². The molecule has 1 aromatic rings. The quantitative estimate of drug-likeness (QED) is 0.277. The van der Waals surface area contributed by atoms with Crippen molar-refractivity contribution in [2.75, 3.05) is 32.7 Å². The number of piperazine rings is 1. The number of urea groups is 1. The first-order valence-corrected chi connectivity index (χ1v) is 11.3. The van der Waals surface area contributed by atoms with Crippen molar-refractivity contribution in [2.24, 2.45) is 17.4 Å². The molecule has 34 heavy (non-hydrogen) atoms. The number of carbonyl (C=O) groups is 4. The van der Waals surface area contributed by atoms with Gasteiger partial charge < -0.3 is 31.7 Å². The van der Waals surface area contributed by atoms with Gasteiger partial charge in [-0.3, -0.25) is 9.59 Å². The zero-order chi connectivity index (χ0) is 24.8. The highest BCUT2D eigenvalue weighted by atomic mass is 16.4.